The Hall–Kier alpha value is -2.73. The zero-order valence-electron chi connectivity index (χ0n) is 16.2. The first-order valence-corrected chi connectivity index (χ1v) is 9.29. The average molecular weight is 368 g/mol. The highest BCUT2D eigenvalue weighted by molar-refractivity contribution is 5.79. The minimum absolute atomic E-state index is 0.264. The summed E-state index contributed by atoms with van der Waals surface area (Å²) in [5.74, 6) is 2.39. The molecule has 1 aliphatic heterocycles. The van der Waals surface area contributed by atoms with Gasteiger partial charge in [0.15, 0.2) is 17.5 Å². The van der Waals surface area contributed by atoms with Gasteiger partial charge in [-0.1, -0.05) is 36.4 Å². The molecule has 0 aromatic heterocycles. The number of guanidine groups is 1. The van der Waals surface area contributed by atoms with Gasteiger partial charge in [-0.2, -0.15) is 0 Å². The third-order valence-electron chi connectivity index (χ3n) is 4.47. The van der Waals surface area contributed by atoms with Gasteiger partial charge in [-0.05, 0) is 44.3 Å². The van der Waals surface area contributed by atoms with Gasteiger partial charge >= 0.3 is 0 Å². The van der Waals surface area contributed by atoms with Crippen molar-refractivity contribution < 1.29 is 9.47 Å². The third-order valence-corrected chi connectivity index (χ3v) is 4.47. The van der Waals surface area contributed by atoms with Crippen LogP contribution in [0.25, 0.3) is 0 Å². The molecule has 1 heterocycles. The number of hydrogen-bond acceptors (Lipinski definition) is 4. The number of nitrogens with one attached hydrogen (secondary N) is 2. The second kappa shape index (κ2) is 9.28. The van der Waals surface area contributed by atoms with Gasteiger partial charge in [-0.25, -0.2) is 4.99 Å². The van der Waals surface area contributed by atoms with E-state index in [-0.39, 0.29) is 12.8 Å². The molecule has 0 spiro atoms. The maximum absolute atomic E-state index is 5.44. The second-order valence-electron chi connectivity index (χ2n) is 6.65. The predicted octanol–water partition coefficient (Wildman–Crippen LogP) is 2.77. The summed E-state index contributed by atoms with van der Waals surface area (Å²) in [4.78, 5) is 6.93. The Morgan fingerprint density at radius 2 is 1.85 bits per heavy atom. The van der Waals surface area contributed by atoms with Crippen molar-refractivity contribution >= 4 is 5.96 Å². The summed E-state index contributed by atoms with van der Waals surface area (Å²) in [6.45, 7) is 4.51. The molecule has 2 N–H and O–H groups in total. The molecule has 0 amide bonds. The van der Waals surface area contributed by atoms with Gasteiger partial charge in [0.25, 0.3) is 0 Å². The summed E-state index contributed by atoms with van der Waals surface area (Å²) in [6.07, 6.45) is 0. The average Bonchev–Trinajstić information content (AvgIpc) is 3.14. The fourth-order valence-electron chi connectivity index (χ4n) is 3.02. The first-order valence-electron chi connectivity index (χ1n) is 9.29. The number of benzene rings is 2. The smallest absolute Gasteiger partial charge is 0.231 e. The molecule has 1 atom stereocenters. The molecule has 1 aliphatic rings. The van der Waals surface area contributed by atoms with Crippen LogP contribution in [0.4, 0.5) is 0 Å². The fourth-order valence-corrected chi connectivity index (χ4v) is 3.02. The molecule has 0 bridgehead atoms. The number of nitrogens with zero attached hydrogens (tertiary/aromatic N) is 2. The van der Waals surface area contributed by atoms with E-state index in [1.54, 1.807) is 0 Å². The number of hydrogen-bond donors (Lipinski definition) is 2. The van der Waals surface area contributed by atoms with Gasteiger partial charge in [0.05, 0.1) is 12.6 Å². The van der Waals surface area contributed by atoms with Crippen molar-refractivity contribution in [1.82, 2.24) is 15.5 Å². The van der Waals surface area contributed by atoms with Gasteiger partial charge < -0.3 is 25.0 Å². The maximum atomic E-state index is 5.44. The molecule has 0 aliphatic carbocycles. The zero-order valence-corrected chi connectivity index (χ0v) is 16.2. The van der Waals surface area contributed by atoms with Crippen LogP contribution in [0.2, 0.25) is 0 Å². The molecule has 0 saturated carbocycles. The Kier molecular flexibility index (Phi) is 6.54. The largest absolute Gasteiger partial charge is 0.454 e. The lowest BCUT2D eigenvalue weighted by Gasteiger charge is -2.26. The van der Waals surface area contributed by atoms with Gasteiger partial charge in [0.2, 0.25) is 6.79 Å². The van der Waals surface area contributed by atoms with Crippen LogP contribution in [0.1, 0.15) is 24.1 Å². The van der Waals surface area contributed by atoms with Gasteiger partial charge in [-0.15, -0.1) is 0 Å². The number of rotatable bonds is 7. The van der Waals surface area contributed by atoms with Gasteiger partial charge in [0.1, 0.15) is 0 Å². The van der Waals surface area contributed by atoms with E-state index in [1.807, 2.05) is 24.3 Å². The Morgan fingerprint density at radius 1 is 1.07 bits per heavy atom. The van der Waals surface area contributed by atoms with Crippen molar-refractivity contribution in [3.8, 4) is 11.5 Å². The second-order valence-corrected chi connectivity index (χ2v) is 6.65. The van der Waals surface area contributed by atoms with E-state index in [9.17, 15) is 0 Å². The summed E-state index contributed by atoms with van der Waals surface area (Å²) < 4.78 is 10.8. The molecule has 2 aromatic carbocycles. The Balaban J connectivity index is 1.65. The maximum Gasteiger partial charge on any atom is 0.231 e. The molecule has 3 rings (SSSR count). The monoisotopic (exact) mass is 368 g/mol. The lowest BCUT2D eigenvalue weighted by molar-refractivity contribution is 0.174. The van der Waals surface area contributed by atoms with Crippen LogP contribution in [0.5, 0.6) is 11.5 Å². The SMILES string of the molecule is CCNC(=NCc1ccc2c(c1)OCO2)NCC(c1ccccc1)N(C)C. The van der Waals surface area contributed by atoms with Crippen LogP contribution in [0.3, 0.4) is 0 Å². The summed E-state index contributed by atoms with van der Waals surface area (Å²) in [5, 5.41) is 6.78. The molecule has 6 heteroatoms. The molecule has 0 fully saturated rings. The van der Waals surface area contributed by atoms with Crippen LogP contribution in [-0.2, 0) is 6.54 Å². The normalized spacial score (nSPS) is 14.3. The van der Waals surface area contributed by atoms with Crippen molar-refractivity contribution in [1.29, 1.82) is 0 Å². The number of fused-ring (bicyclic) bond motifs is 1. The predicted molar refractivity (Wildman–Crippen MR) is 108 cm³/mol. The lowest BCUT2D eigenvalue weighted by Crippen LogP contribution is -2.41. The van der Waals surface area contributed by atoms with Crippen LogP contribution in [0.15, 0.2) is 53.5 Å². The quantitative estimate of drug-likeness (QED) is 0.581. The highest BCUT2D eigenvalue weighted by Gasteiger charge is 2.15. The molecule has 0 radical (unpaired) electrons. The van der Waals surface area contributed by atoms with Gasteiger partial charge in [-0.3, -0.25) is 0 Å². The minimum Gasteiger partial charge on any atom is -0.454 e. The van der Waals surface area contributed by atoms with Gasteiger partial charge in [0, 0.05) is 13.1 Å². The van der Waals surface area contributed by atoms with E-state index in [0.29, 0.717) is 6.54 Å². The first kappa shape index (κ1) is 19.0. The molecular formula is C21H28N4O2. The topological polar surface area (TPSA) is 58.1 Å². The molecule has 27 heavy (non-hydrogen) atoms. The van der Waals surface area contributed by atoms with E-state index < -0.39 is 0 Å². The summed E-state index contributed by atoms with van der Waals surface area (Å²) in [7, 11) is 4.19. The van der Waals surface area contributed by atoms with E-state index in [0.717, 1.165) is 36.1 Å². The van der Waals surface area contributed by atoms with Crippen LogP contribution in [0, 0.1) is 0 Å². The Labute approximate surface area is 161 Å². The molecule has 2 aromatic rings. The minimum atomic E-state index is 0.264. The fraction of sp³-hybridized carbons (Fsp3) is 0.381. The summed E-state index contributed by atoms with van der Waals surface area (Å²) >= 11 is 0. The molecule has 0 saturated heterocycles. The number of aliphatic imine (C=N–C) groups is 1. The summed E-state index contributed by atoms with van der Waals surface area (Å²) in [6, 6.07) is 16.7. The molecule has 6 nitrogen and oxygen atoms in total. The van der Waals surface area contributed by atoms with E-state index in [1.165, 1.54) is 5.56 Å². The standard InChI is InChI=1S/C21H28N4O2/c1-4-22-21(23-13-16-10-11-19-20(12-16)27-15-26-19)24-14-18(25(2)3)17-8-6-5-7-9-17/h5-12,18H,4,13-15H2,1-3H3,(H2,22,23,24). The van der Waals surface area contributed by atoms with Crippen LogP contribution in [-0.4, -0.2) is 44.8 Å². The van der Waals surface area contributed by atoms with Crippen molar-refractivity contribution in [2.24, 2.45) is 4.99 Å². The first-order chi connectivity index (χ1) is 13.2. The number of ether oxygens (including phenoxy) is 2. The highest BCUT2D eigenvalue weighted by atomic mass is 16.7. The lowest BCUT2D eigenvalue weighted by atomic mass is 10.1. The molecule has 1 unspecified atom stereocenters. The van der Waals surface area contributed by atoms with Crippen molar-refractivity contribution in [3.05, 3.63) is 59.7 Å². The van der Waals surface area contributed by atoms with E-state index in [4.69, 9.17) is 14.5 Å². The van der Waals surface area contributed by atoms with Crippen LogP contribution >= 0.6 is 0 Å². The van der Waals surface area contributed by atoms with E-state index >= 15 is 0 Å². The van der Waals surface area contributed by atoms with Crippen molar-refractivity contribution in [2.75, 3.05) is 34.0 Å². The van der Waals surface area contributed by atoms with Crippen molar-refractivity contribution in [2.45, 2.75) is 19.5 Å². The van der Waals surface area contributed by atoms with Crippen LogP contribution < -0.4 is 20.1 Å². The number of likely N-dealkylation sites (N-methyl/N-ethyl adjacent to an activating group) is 1. The Bertz CT molecular complexity index is 762. The summed E-state index contributed by atoms with van der Waals surface area (Å²) in [5.41, 5.74) is 2.37. The van der Waals surface area contributed by atoms with Crippen molar-refractivity contribution in [3.63, 3.8) is 0 Å². The third kappa shape index (κ3) is 5.14. The zero-order chi connectivity index (χ0) is 19.1. The molecular weight excluding hydrogens is 340 g/mol. The molecule has 144 valence electrons. The van der Waals surface area contributed by atoms with E-state index in [2.05, 4.69) is 60.8 Å². The Morgan fingerprint density at radius 3 is 2.59 bits per heavy atom. The highest BCUT2D eigenvalue weighted by Crippen LogP contribution is 2.32.